The molecule has 0 radical (unpaired) electrons. The first-order valence-electron chi connectivity index (χ1n) is 4.85. The lowest BCUT2D eigenvalue weighted by Gasteiger charge is -1.88. The van der Waals surface area contributed by atoms with Crippen LogP contribution in [0.1, 0.15) is 5.01 Å². The molecular formula is C10H8N4OS2. The van der Waals surface area contributed by atoms with Crippen molar-refractivity contribution in [2.45, 2.75) is 16.5 Å². The Morgan fingerprint density at radius 1 is 1.35 bits per heavy atom. The Bertz CT molecular complexity index is 676. The maximum Gasteiger partial charge on any atom is 0.264 e. The largest absolute Gasteiger partial charge is 0.431 e. The van der Waals surface area contributed by atoms with Crippen molar-refractivity contribution >= 4 is 39.9 Å². The molecule has 2 N–H and O–H groups in total. The number of benzene rings is 1. The number of nitrogen functional groups attached to an aromatic ring is 1. The molecule has 5 nitrogen and oxygen atoms in total. The van der Waals surface area contributed by atoms with Gasteiger partial charge in [-0.05, 0) is 19.1 Å². The van der Waals surface area contributed by atoms with E-state index >= 15 is 0 Å². The molecule has 0 saturated heterocycles. The summed E-state index contributed by atoms with van der Waals surface area (Å²) in [6, 6.07) is 5.40. The van der Waals surface area contributed by atoms with E-state index in [2.05, 4.69) is 15.2 Å². The molecule has 7 heteroatoms. The number of aromatic nitrogens is 3. The molecule has 3 rings (SSSR count). The van der Waals surface area contributed by atoms with Crippen molar-refractivity contribution in [3.05, 3.63) is 23.2 Å². The summed E-state index contributed by atoms with van der Waals surface area (Å²) >= 11 is 2.88. The van der Waals surface area contributed by atoms with Gasteiger partial charge in [-0.3, -0.25) is 0 Å². The fourth-order valence-corrected chi connectivity index (χ4v) is 3.02. The molecule has 0 bridgehead atoms. The van der Waals surface area contributed by atoms with E-state index in [1.807, 2.05) is 13.0 Å². The second-order valence-corrected chi connectivity index (χ2v) is 5.78. The summed E-state index contributed by atoms with van der Waals surface area (Å²) in [5.41, 5.74) is 7.82. The van der Waals surface area contributed by atoms with Gasteiger partial charge in [0.25, 0.3) is 5.22 Å². The fourth-order valence-electron chi connectivity index (χ4n) is 1.36. The van der Waals surface area contributed by atoms with Gasteiger partial charge in [0.1, 0.15) is 10.5 Å². The van der Waals surface area contributed by atoms with Crippen molar-refractivity contribution in [3.63, 3.8) is 0 Å². The first-order valence-corrected chi connectivity index (χ1v) is 6.48. The quantitative estimate of drug-likeness (QED) is 0.717. The van der Waals surface area contributed by atoms with E-state index in [-0.39, 0.29) is 0 Å². The lowest BCUT2D eigenvalue weighted by atomic mass is 10.3. The van der Waals surface area contributed by atoms with Gasteiger partial charge in [0, 0.05) is 23.5 Å². The van der Waals surface area contributed by atoms with E-state index in [0.717, 1.165) is 14.9 Å². The summed E-state index contributed by atoms with van der Waals surface area (Å²) in [6.07, 6.45) is 0. The summed E-state index contributed by atoms with van der Waals surface area (Å²) in [7, 11) is 0. The maximum atomic E-state index is 5.67. The summed E-state index contributed by atoms with van der Waals surface area (Å²) < 4.78 is 6.39. The van der Waals surface area contributed by atoms with Crippen molar-refractivity contribution < 1.29 is 4.42 Å². The van der Waals surface area contributed by atoms with Gasteiger partial charge in [-0.2, -0.15) is 0 Å². The molecule has 86 valence electrons. The van der Waals surface area contributed by atoms with Crippen LogP contribution < -0.4 is 5.73 Å². The lowest BCUT2D eigenvalue weighted by molar-refractivity contribution is 0.489. The van der Waals surface area contributed by atoms with Crippen LogP contribution in [0, 0.1) is 6.92 Å². The van der Waals surface area contributed by atoms with Crippen molar-refractivity contribution in [1.82, 2.24) is 15.2 Å². The topological polar surface area (TPSA) is 77.8 Å². The number of nitrogens with zero attached hydrogens (tertiary/aromatic N) is 3. The molecule has 0 unspecified atom stereocenters. The van der Waals surface area contributed by atoms with Gasteiger partial charge >= 0.3 is 0 Å². The Morgan fingerprint density at radius 2 is 2.24 bits per heavy atom. The number of rotatable bonds is 2. The zero-order valence-electron chi connectivity index (χ0n) is 8.88. The smallest absolute Gasteiger partial charge is 0.264 e. The van der Waals surface area contributed by atoms with Crippen LogP contribution in [0.5, 0.6) is 0 Å². The SMILES string of the molecule is Cc1nnc(Sc2nc3ccc(N)cc3o2)s1. The summed E-state index contributed by atoms with van der Waals surface area (Å²) in [4.78, 5) is 4.34. The number of nitrogens with two attached hydrogens (primary N) is 1. The van der Waals surface area contributed by atoms with E-state index in [1.54, 1.807) is 12.1 Å². The fraction of sp³-hybridized carbons (Fsp3) is 0.100. The third kappa shape index (κ3) is 2.11. The molecule has 17 heavy (non-hydrogen) atoms. The number of anilines is 1. The zero-order valence-corrected chi connectivity index (χ0v) is 10.5. The normalized spacial score (nSPS) is 11.1. The minimum atomic E-state index is 0.557. The van der Waals surface area contributed by atoms with Gasteiger partial charge in [0.2, 0.25) is 0 Å². The molecule has 0 aliphatic heterocycles. The molecule has 2 aromatic heterocycles. The third-order valence-corrected chi connectivity index (χ3v) is 3.81. The van der Waals surface area contributed by atoms with Gasteiger partial charge in [0.05, 0.1) is 0 Å². The molecule has 0 fully saturated rings. The Labute approximate surface area is 105 Å². The highest BCUT2D eigenvalue weighted by Crippen LogP contribution is 2.31. The van der Waals surface area contributed by atoms with Gasteiger partial charge in [-0.15, -0.1) is 10.2 Å². The summed E-state index contributed by atoms with van der Waals surface area (Å²) in [5, 5.41) is 9.43. The molecular weight excluding hydrogens is 256 g/mol. The standard InChI is InChI=1S/C10H8N4OS2/c1-5-13-14-10(16-5)17-9-12-7-3-2-6(11)4-8(7)15-9/h2-4H,11H2,1H3. The van der Waals surface area contributed by atoms with Crippen molar-refractivity contribution in [1.29, 1.82) is 0 Å². The van der Waals surface area contributed by atoms with E-state index in [1.165, 1.54) is 23.1 Å². The van der Waals surface area contributed by atoms with E-state index < -0.39 is 0 Å². The highest BCUT2D eigenvalue weighted by atomic mass is 32.2. The molecule has 0 aliphatic rings. The Balaban J connectivity index is 1.95. The van der Waals surface area contributed by atoms with Gasteiger partial charge < -0.3 is 10.2 Å². The van der Waals surface area contributed by atoms with Gasteiger partial charge in [-0.25, -0.2) is 4.98 Å². The number of fused-ring (bicyclic) bond motifs is 1. The Hall–Kier alpha value is -1.60. The van der Waals surface area contributed by atoms with Crippen LogP contribution in [0.2, 0.25) is 0 Å². The maximum absolute atomic E-state index is 5.67. The van der Waals surface area contributed by atoms with Crippen LogP contribution in [-0.2, 0) is 0 Å². The Morgan fingerprint density at radius 3 is 3.00 bits per heavy atom. The highest BCUT2D eigenvalue weighted by molar-refractivity contribution is 8.00. The third-order valence-electron chi connectivity index (χ3n) is 2.07. The first-order chi connectivity index (χ1) is 8.20. The van der Waals surface area contributed by atoms with Crippen LogP contribution in [0.25, 0.3) is 11.1 Å². The van der Waals surface area contributed by atoms with Gasteiger partial charge in [-0.1, -0.05) is 11.3 Å². The second kappa shape index (κ2) is 4.01. The highest BCUT2D eigenvalue weighted by Gasteiger charge is 2.10. The summed E-state index contributed by atoms with van der Waals surface area (Å²) in [6.45, 7) is 1.91. The van der Waals surface area contributed by atoms with Crippen molar-refractivity contribution in [3.8, 4) is 0 Å². The molecule has 0 aliphatic carbocycles. The monoisotopic (exact) mass is 264 g/mol. The summed E-state index contributed by atoms with van der Waals surface area (Å²) in [5.74, 6) is 0. The van der Waals surface area contributed by atoms with Crippen LogP contribution in [0.4, 0.5) is 5.69 Å². The molecule has 0 saturated carbocycles. The average molecular weight is 264 g/mol. The molecule has 0 atom stereocenters. The second-order valence-electron chi connectivity index (χ2n) is 3.40. The number of aryl methyl sites for hydroxylation is 1. The van der Waals surface area contributed by atoms with Gasteiger partial charge in [0.15, 0.2) is 9.92 Å². The predicted octanol–water partition coefficient (Wildman–Crippen LogP) is 2.72. The zero-order chi connectivity index (χ0) is 11.8. The van der Waals surface area contributed by atoms with Crippen molar-refractivity contribution in [2.75, 3.05) is 5.73 Å². The predicted molar refractivity (Wildman–Crippen MR) is 67.2 cm³/mol. The molecule has 2 heterocycles. The minimum absolute atomic E-state index is 0.557. The first kappa shape index (κ1) is 10.5. The lowest BCUT2D eigenvalue weighted by Crippen LogP contribution is -1.81. The molecule has 0 amide bonds. The Kier molecular flexibility index (Phi) is 2.49. The van der Waals surface area contributed by atoms with Crippen molar-refractivity contribution in [2.24, 2.45) is 0 Å². The van der Waals surface area contributed by atoms with E-state index in [0.29, 0.717) is 16.5 Å². The minimum Gasteiger partial charge on any atom is -0.431 e. The molecule has 0 spiro atoms. The molecule has 1 aromatic carbocycles. The van der Waals surface area contributed by atoms with E-state index in [4.69, 9.17) is 10.2 Å². The van der Waals surface area contributed by atoms with Crippen LogP contribution in [-0.4, -0.2) is 15.2 Å². The van der Waals surface area contributed by atoms with Crippen LogP contribution in [0.3, 0.4) is 0 Å². The van der Waals surface area contributed by atoms with E-state index in [9.17, 15) is 0 Å². The van der Waals surface area contributed by atoms with Crippen LogP contribution in [0.15, 0.2) is 32.2 Å². The number of oxazole rings is 1. The number of hydrogen-bond acceptors (Lipinski definition) is 7. The average Bonchev–Trinajstić information content (AvgIpc) is 2.84. The molecule has 3 aromatic rings. The number of hydrogen-bond donors (Lipinski definition) is 1. The van der Waals surface area contributed by atoms with Crippen LogP contribution >= 0.6 is 23.1 Å².